The SMILES string of the molecule is CC(C)C(=O)N1CCC(c2nc(-c3ccc(C(=O)Nc4ccccn4)cc3)c3c(N)nccn23)CC1. The topological polar surface area (TPSA) is 119 Å². The Hall–Kier alpha value is -4.27. The number of fused-ring (bicyclic) bond motifs is 1. The van der Waals surface area contributed by atoms with Crippen molar-refractivity contribution in [2.75, 3.05) is 24.1 Å². The number of pyridine rings is 1. The lowest BCUT2D eigenvalue weighted by atomic mass is 9.95. The van der Waals surface area contributed by atoms with Crippen LogP contribution in [0.4, 0.5) is 11.6 Å². The second kappa shape index (κ2) is 9.77. The van der Waals surface area contributed by atoms with Crippen LogP contribution in [0.1, 0.15) is 48.8 Å². The first kappa shape index (κ1) is 23.5. The molecule has 36 heavy (non-hydrogen) atoms. The van der Waals surface area contributed by atoms with E-state index >= 15 is 0 Å². The minimum Gasteiger partial charge on any atom is -0.382 e. The molecule has 0 atom stereocenters. The molecule has 4 heterocycles. The molecule has 9 heteroatoms. The number of benzene rings is 1. The van der Waals surface area contributed by atoms with Gasteiger partial charge in [0.1, 0.15) is 28.7 Å². The van der Waals surface area contributed by atoms with Gasteiger partial charge in [0.2, 0.25) is 5.91 Å². The van der Waals surface area contributed by atoms with Crippen LogP contribution in [0.2, 0.25) is 0 Å². The molecular formula is C27H29N7O2. The van der Waals surface area contributed by atoms with Gasteiger partial charge in [0.15, 0.2) is 0 Å². The first-order chi connectivity index (χ1) is 17.4. The van der Waals surface area contributed by atoms with Gasteiger partial charge >= 0.3 is 0 Å². The number of piperidine rings is 1. The van der Waals surface area contributed by atoms with E-state index in [0.717, 1.165) is 35.4 Å². The Bertz CT molecular complexity index is 1390. The quantitative estimate of drug-likeness (QED) is 0.443. The van der Waals surface area contributed by atoms with E-state index in [-0.39, 0.29) is 23.7 Å². The molecular weight excluding hydrogens is 454 g/mol. The van der Waals surface area contributed by atoms with Crippen LogP contribution in [-0.2, 0) is 4.79 Å². The van der Waals surface area contributed by atoms with Crippen molar-refractivity contribution in [1.29, 1.82) is 0 Å². The number of likely N-dealkylation sites (tertiary alicyclic amines) is 1. The summed E-state index contributed by atoms with van der Waals surface area (Å²) in [7, 11) is 0. The van der Waals surface area contributed by atoms with Crippen molar-refractivity contribution >= 4 is 29.0 Å². The number of hydrogen-bond donors (Lipinski definition) is 2. The third-order valence-electron chi connectivity index (χ3n) is 6.60. The number of hydrogen-bond acceptors (Lipinski definition) is 6. The molecule has 5 rings (SSSR count). The van der Waals surface area contributed by atoms with Gasteiger partial charge in [-0.25, -0.2) is 15.0 Å². The number of amides is 2. The highest BCUT2D eigenvalue weighted by Crippen LogP contribution is 2.34. The molecule has 1 aliphatic heterocycles. The molecule has 0 spiro atoms. The fraction of sp³-hybridized carbons (Fsp3) is 0.296. The van der Waals surface area contributed by atoms with Gasteiger partial charge in [-0.05, 0) is 37.1 Å². The number of nitrogens with two attached hydrogens (primary N) is 1. The number of imidazole rings is 1. The molecule has 0 bridgehead atoms. The summed E-state index contributed by atoms with van der Waals surface area (Å²) in [5.74, 6) is 1.98. The zero-order chi connectivity index (χ0) is 25.2. The Kier molecular flexibility index (Phi) is 6.37. The number of nitrogens with zero attached hydrogens (tertiary/aromatic N) is 5. The summed E-state index contributed by atoms with van der Waals surface area (Å²) in [6.07, 6.45) is 6.87. The Morgan fingerprint density at radius 2 is 1.78 bits per heavy atom. The smallest absolute Gasteiger partial charge is 0.256 e. The number of carbonyl (C=O) groups excluding carboxylic acids is 2. The maximum Gasteiger partial charge on any atom is 0.256 e. The van der Waals surface area contributed by atoms with E-state index in [1.165, 1.54) is 0 Å². The van der Waals surface area contributed by atoms with E-state index in [1.807, 2.05) is 47.5 Å². The molecule has 1 aromatic carbocycles. The molecule has 3 N–H and O–H groups in total. The third-order valence-corrected chi connectivity index (χ3v) is 6.60. The van der Waals surface area contributed by atoms with Gasteiger partial charge in [0.25, 0.3) is 5.91 Å². The summed E-state index contributed by atoms with van der Waals surface area (Å²) >= 11 is 0. The van der Waals surface area contributed by atoms with Gasteiger partial charge in [0.05, 0.1) is 0 Å². The largest absolute Gasteiger partial charge is 0.382 e. The molecule has 0 unspecified atom stereocenters. The van der Waals surface area contributed by atoms with Crippen molar-refractivity contribution in [3.8, 4) is 11.3 Å². The lowest BCUT2D eigenvalue weighted by Crippen LogP contribution is -2.40. The fourth-order valence-corrected chi connectivity index (χ4v) is 4.70. The first-order valence-electron chi connectivity index (χ1n) is 12.2. The second-order valence-corrected chi connectivity index (χ2v) is 9.35. The van der Waals surface area contributed by atoms with Gasteiger partial charge in [0, 0.05) is 54.6 Å². The molecule has 9 nitrogen and oxygen atoms in total. The van der Waals surface area contributed by atoms with E-state index in [1.54, 1.807) is 36.7 Å². The van der Waals surface area contributed by atoms with E-state index in [4.69, 9.17) is 10.7 Å². The maximum absolute atomic E-state index is 12.6. The normalized spacial score (nSPS) is 14.4. The summed E-state index contributed by atoms with van der Waals surface area (Å²) in [4.78, 5) is 40.4. The van der Waals surface area contributed by atoms with Crippen LogP contribution in [0.15, 0.2) is 61.1 Å². The number of nitrogens with one attached hydrogen (secondary N) is 1. The lowest BCUT2D eigenvalue weighted by Gasteiger charge is -2.32. The van der Waals surface area contributed by atoms with Crippen molar-refractivity contribution in [3.05, 3.63) is 72.4 Å². The Balaban J connectivity index is 1.42. The van der Waals surface area contributed by atoms with Gasteiger partial charge < -0.3 is 16.0 Å². The van der Waals surface area contributed by atoms with E-state index in [2.05, 4.69) is 15.3 Å². The van der Waals surface area contributed by atoms with Crippen LogP contribution in [0.5, 0.6) is 0 Å². The van der Waals surface area contributed by atoms with Gasteiger partial charge in [-0.1, -0.05) is 32.0 Å². The molecule has 1 aliphatic rings. The van der Waals surface area contributed by atoms with E-state index in [0.29, 0.717) is 30.3 Å². The van der Waals surface area contributed by atoms with Gasteiger partial charge in [-0.2, -0.15) is 0 Å². The van der Waals surface area contributed by atoms with E-state index < -0.39 is 0 Å². The summed E-state index contributed by atoms with van der Waals surface area (Å²) in [6.45, 7) is 5.30. The molecule has 184 valence electrons. The van der Waals surface area contributed by atoms with Crippen LogP contribution in [0, 0.1) is 5.92 Å². The van der Waals surface area contributed by atoms with Crippen LogP contribution in [-0.4, -0.2) is 49.2 Å². The monoisotopic (exact) mass is 483 g/mol. The molecule has 1 fully saturated rings. The highest BCUT2D eigenvalue weighted by Gasteiger charge is 2.29. The van der Waals surface area contributed by atoms with Crippen molar-refractivity contribution < 1.29 is 9.59 Å². The highest BCUT2D eigenvalue weighted by molar-refractivity contribution is 6.04. The zero-order valence-corrected chi connectivity index (χ0v) is 20.4. The Morgan fingerprint density at radius 3 is 2.44 bits per heavy atom. The zero-order valence-electron chi connectivity index (χ0n) is 20.4. The first-order valence-corrected chi connectivity index (χ1v) is 12.2. The standard InChI is InChI=1S/C27H29N7O2/c1-17(2)27(36)33-14-10-19(11-15-33)25-32-22(23-24(28)30-13-16-34(23)25)18-6-8-20(9-7-18)26(35)31-21-5-3-4-12-29-21/h3-9,12-13,16-17,19H,10-11,14-15H2,1-2H3,(H2,28,30)(H,29,31,35). The molecule has 2 amide bonds. The van der Waals surface area contributed by atoms with E-state index in [9.17, 15) is 9.59 Å². The summed E-state index contributed by atoms with van der Waals surface area (Å²) < 4.78 is 2.02. The number of nitrogen functional groups attached to an aromatic ring is 1. The molecule has 0 radical (unpaired) electrons. The average Bonchev–Trinajstić information content (AvgIpc) is 3.30. The minimum atomic E-state index is -0.237. The molecule has 0 saturated carbocycles. The maximum atomic E-state index is 12.6. The summed E-state index contributed by atoms with van der Waals surface area (Å²) in [5, 5.41) is 2.79. The molecule has 1 saturated heterocycles. The molecule has 3 aromatic heterocycles. The van der Waals surface area contributed by atoms with Crippen LogP contribution in [0.25, 0.3) is 16.8 Å². The average molecular weight is 484 g/mol. The lowest BCUT2D eigenvalue weighted by molar-refractivity contribution is -0.135. The highest BCUT2D eigenvalue weighted by atomic mass is 16.2. The fourth-order valence-electron chi connectivity index (χ4n) is 4.70. The van der Waals surface area contributed by atoms with Crippen molar-refractivity contribution in [2.24, 2.45) is 5.92 Å². The van der Waals surface area contributed by atoms with Crippen LogP contribution < -0.4 is 11.1 Å². The van der Waals surface area contributed by atoms with Crippen molar-refractivity contribution in [3.63, 3.8) is 0 Å². The molecule has 4 aromatic rings. The summed E-state index contributed by atoms with van der Waals surface area (Å²) in [5.41, 5.74) is 9.14. The predicted molar refractivity (Wildman–Crippen MR) is 138 cm³/mol. The number of rotatable bonds is 5. The Morgan fingerprint density at radius 1 is 1.03 bits per heavy atom. The number of aromatic nitrogens is 4. The van der Waals surface area contributed by atoms with Gasteiger partial charge in [-0.3, -0.25) is 14.0 Å². The van der Waals surface area contributed by atoms with Gasteiger partial charge in [-0.15, -0.1) is 0 Å². The summed E-state index contributed by atoms with van der Waals surface area (Å²) in [6, 6.07) is 12.6. The Labute approximate surface area is 209 Å². The predicted octanol–water partition coefficient (Wildman–Crippen LogP) is 3.99. The third kappa shape index (κ3) is 4.51. The number of anilines is 2. The minimum absolute atomic E-state index is 0.000269. The van der Waals surface area contributed by atoms with Crippen LogP contribution in [0.3, 0.4) is 0 Å². The van der Waals surface area contributed by atoms with Crippen molar-refractivity contribution in [2.45, 2.75) is 32.6 Å². The molecule has 0 aliphatic carbocycles. The van der Waals surface area contributed by atoms with Crippen molar-refractivity contribution in [1.82, 2.24) is 24.3 Å². The number of carbonyl (C=O) groups is 2. The second-order valence-electron chi connectivity index (χ2n) is 9.35. The van der Waals surface area contributed by atoms with Crippen LogP contribution >= 0.6 is 0 Å².